The first-order valence-corrected chi connectivity index (χ1v) is 9.38. The summed E-state index contributed by atoms with van der Waals surface area (Å²) < 4.78 is 0. The highest BCUT2D eigenvalue weighted by Gasteiger charge is 2.33. The van der Waals surface area contributed by atoms with E-state index in [9.17, 15) is 9.59 Å². The maximum absolute atomic E-state index is 12.6. The Hall–Kier alpha value is -1.14. The van der Waals surface area contributed by atoms with Crippen LogP contribution in [0, 0.1) is 5.92 Å². The molecule has 0 aromatic rings. The number of carbonyl (C=O) groups is 2. The predicted octanol–water partition coefficient (Wildman–Crippen LogP) is 0.776. The first-order valence-electron chi connectivity index (χ1n) is 9.38. The normalized spacial score (nSPS) is 19.8. The number of carbonyl (C=O) groups excluding carboxylic acids is 2. The molecule has 6 heteroatoms. The van der Waals surface area contributed by atoms with E-state index in [-0.39, 0.29) is 17.9 Å². The molecule has 0 aromatic carbocycles. The topological polar surface area (TPSA) is 55.9 Å². The highest BCUT2D eigenvalue weighted by atomic mass is 16.2. The molecule has 24 heavy (non-hydrogen) atoms. The molecule has 0 atom stereocenters. The van der Waals surface area contributed by atoms with Gasteiger partial charge in [0, 0.05) is 44.8 Å². The molecule has 0 spiro atoms. The van der Waals surface area contributed by atoms with Gasteiger partial charge in [0.05, 0.1) is 13.1 Å². The van der Waals surface area contributed by atoms with Crippen LogP contribution < -0.4 is 5.32 Å². The van der Waals surface area contributed by atoms with Crippen molar-refractivity contribution >= 4 is 11.8 Å². The molecule has 6 nitrogen and oxygen atoms in total. The van der Waals surface area contributed by atoms with Crippen molar-refractivity contribution in [2.45, 2.75) is 52.6 Å². The van der Waals surface area contributed by atoms with Crippen molar-refractivity contribution < 1.29 is 9.59 Å². The molecular formula is C18H34N4O2. The van der Waals surface area contributed by atoms with Crippen molar-refractivity contribution in [1.29, 1.82) is 0 Å². The van der Waals surface area contributed by atoms with Crippen LogP contribution in [-0.2, 0) is 9.59 Å². The molecule has 138 valence electrons. The summed E-state index contributed by atoms with van der Waals surface area (Å²) in [7, 11) is 0. The van der Waals surface area contributed by atoms with Crippen molar-refractivity contribution in [2.75, 3.05) is 45.8 Å². The van der Waals surface area contributed by atoms with Crippen LogP contribution in [-0.4, -0.2) is 84.4 Å². The van der Waals surface area contributed by atoms with Crippen LogP contribution in [0.3, 0.4) is 0 Å². The summed E-state index contributed by atoms with van der Waals surface area (Å²) in [6.45, 7) is 13.6. The summed E-state index contributed by atoms with van der Waals surface area (Å²) in [5.41, 5.74) is 0. The molecule has 0 unspecified atom stereocenters. The summed E-state index contributed by atoms with van der Waals surface area (Å²) in [5, 5.41) is 2.93. The van der Waals surface area contributed by atoms with Gasteiger partial charge in [0.2, 0.25) is 11.8 Å². The Bertz CT molecular complexity index is 427. The molecule has 1 N–H and O–H groups in total. The zero-order valence-corrected chi connectivity index (χ0v) is 15.8. The van der Waals surface area contributed by atoms with Gasteiger partial charge in [-0.1, -0.05) is 13.8 Å². The SMILES string of the molecule is CC(C)CN(C(=O)CN1CCN(CC(=O)NC(C)C)CC1)C1CC1. The quantitative estimate of drug-likeness (QED) is 0.710. The minimum Gasteiger partial charge on any atom is -0.353 e. The fourth-order valence-corrected chi connectivity index (χ4v) is 3.19. The van der Waals surface area contributed by atoms with Gasteiger partial charge < -0.3 is 10.2 Å². The molecule has 1 saturated carbocycles. The van der Waals surface area contributed by atoms with Crippen molar-refractivity contribution in [2.24, 2.45) is 5.92 Å². The third kappa shape index (κ3) is 6.40. The fraction of sp³-hybridized carbons (Fsp3) is 0.889. The summed E-state index contributed by atoms with van der Waals surface area (Å²) in [4.78, 5) is 30.9. The molecule has 1 saturated heterocycles. The van der Waals surface area contributed by atoms with Gasteiger partial charge in [0.25, 0.3) is 0 Å². The number of nitrogens with zero attached hydrogens (tertiary/aromatic N) is 3. The molecule has 2 amide bonds. The number of hydrogen-bond acceptors (Lipinski definition) is 4. The highest BCUT2D eigenvalue weighted by molar-refractivity contribution is 5.79. The van der Waals surface area contributed by atoms with Crippen LogP contribution in [0.15, 0.2) is 0 Å². The van der Waals surface area contributed by atoms with Gasteiger partial charge in [-0.2, -0.15) is 0 Å². The number of rotatable bonds is 8. The Labute approximate surface area is 146 Å². The van der Waals surface area contributed by atoms with E-state index in [4.69, 9.17) is 0 Å². The third-order valence-corrected chi connectivity index (χ3v) is 4.51. The first kappa shape index (κ1) is 19.2. The van der Waals surface area contributed by atoms with Crippen molar-refractivity contribution in [3.63, 3.8) is 0 Å². The molecular weight excluding hydrogens is 304 g/mol. The van der Waals surface area contributed by atoms with E-state index < -0.39 is 0 Å². The van der Waals surface area contributed by atoms with Gasteiger partial charge in [-0.25, -0.2) is 0 Å². The lowest BCUT2D eigenvalue weighted by Gasteiger charge is -2.35. The number of piperazine rings is 1. The van der Waals surface area contributed by atoms with Gasteiger partial charge >= 0.3 is 0 Å². The smallest absolute Gasteiger partial charge is 0.237 e. The van der Waals surface area contributed by atoms with Crippen LogP contribution in [0.5, 0.6) is 0 Å². The van der Waals surface area contributed by atoms with E-state index in [0.29, 0.717) is 25.0 Å². The van der Waals surface area contributed by atoms with Gasteiger partial charge in [-0.05, 0) is 32.6 Å². The second-order valence-electron chi connectivity index (χ2n) is 7.95. The second kappa shape index (κ2) is 8.81. The molecule has 1 aliphatic carbocycles. The molecule has 0 bridgehead atoms. The zero-order chi connectivity index (χ0) is 17.7. The van der Waals surface area contributed by atoms with E-state index in [2.05, 4.69) is 33.9 Å². The van der Waals surface area contributed by atoms with Crippen LogP contribution in [0.4, 0.5) is 0 Å². The van der Waals surface area contributed by atoms with Crippen molar-refractivity contribution in [3.8, 4) is 0 Å². The van der Waals surface area contributed by atoms with Gasteiger partial charge in [-0.15, -0.1) is 0 Å². The fourth-order valence-electron chi connectivity index (χ4n) is 3.19. The number of hydrogen-bond donors (Lipinski definition) is 1. The lowest BCUT2D eigenvalue weighted by molar-refractivity contribution is -0.134. The lowest BCUT2D eigenvalue weighted by Crippen LogP contribution is -2.52. The van der Waals surface area contributed by atoms with Crippen molar-refractivity contribution in [1.82, 2.24) is 20.0 Å². The van der Waals surface area contributed by atoms with E-state index >= 15 is 0 Å². The summed E-state index contributed by atoms with van der Waals surface area (Å²) in [6, 6.07) is 0.673. The number of nitrogens with one attached hydrogen (secondary N) is 1. The summed E-state index contributed by atoms with van der Waals surface area (Å²) in [6.07, 6.45) is 2.33. The first-order chi connectivity index (χ1) is 11.3. The molecule has 0 radical (unpaired) electrons. The van der Waals surface area contributed by atoms with Gasteiger partial charge in [0.15, 0.2) is 0 Å². The Balaban J connectivity index is 1.72. The molecule has 2 fully saturated rings. The maximum atomic E-state index is 12.6. The minimum absolute atomic E-state index is 0.0892. The zero-order valence-electron chi connectivity index (χ0n) is 15.8. The van der Waals surface area contributed by atoms with Gasteiger partial charge in [0.1, 0.15) is 0 Å². The Morgan fingerprint density at radius 2 is 1.54 bits per heavy atom. The van der Waals surface area contributed by atoms with Crippen molar-refractivity contribution in [3.05, 3.63) is 0 Å². The van der Waals surface area contributed by atoms with E-state index in [1.54, 1.807) is 0 Å². The summed E-state index contributed by atoms with van der Waals surface area (Å²) >= 11 is 0. The largest absolute Gasteiger partial charge is 0.353 e. The molecule has 1 heterocycles. The minimum atomic E-state index is 0.0892. The van der Waals surface area contributed by atoms with Gasteiger partial charge in [-0.3, -0.25) is 19.4 Å². The molecule has 1 aliphatic heterocycles. The van der Waals surface area contributed by atoms with Crippen LogP contribution in [0.25, 0.3) is 0 Å². The monoisotopic (exact) mass is 338 g/mol. The van der Waals surface area contributed by atoms with Crippen LogP contribution in [0.1, 0.15) is 40.5 Å². The Morgan fingerprint density at radius 1 is 1.00 bits per heavy atom. The molecule has 0 aromatic heterocycles. The summed E-state index contributed by atoms with van der Waals surface area (Å²) in [5.74, 6) is 0.884. The standard InChI is InChI=1S/C18H34N4O2/c1-14(2)11-22(16-5-6-16)18(24)13-21-9-7-20(8-10-21)12-17(23)19-15(3)4/h14-16H,5-13H2,1-4H3,(H,19,23). The Morgan fingerprint density at radius 3 is 2.00 bits per heavy atom. The van der Waals surface area contributed by atoms with E-state index in [1.807, 2.05) is 13.8 Å². The molecule has 2 aliphatic rings. The van der Waals surface area contributed by atoms with E-state index in [0.717, 1.165) is 45.6 Å². The molecule has 2 rings (SSSR count). The van der Waals surface area contributed by atoms with Crippen LogP contribution >= 0.6 is 0 Å². The Kier molecular flexibility index (Phi) is 7.04. The van der Waals surface area contributed by atoms with E-state index in [1.165, 1.54) is 0 Å². The average Bonchev–Trinajstić information content (AvgIpc) is 3.30. The maximum Gasteiger partial charge on any atom is 0.237 e. The second-order valence-corrected chi connectivity index (χ2v) is 7.95. The highest BCUT2D eigenvalue weighted by Crippen LogP contribution is 2.27. The predicted molar refractivity (Wildman–Crippen MR) is 95.7 cm³/mol. The average molecular weight is 338 g/mol. The lowest BCUT2D eigenvalue weighted by atomic mass is 10.2. The van der Waals surface area contributed by atoms with Crippen LogP contribution in [0.2, 0.25) is 0 Å². The third-order valence-electron chi connectivity index (χ3n) is 4.51. The number of amides is 2.